The van der Waals surface area contributed by atoms with Crippen molar-refractivity contribution in [3.05, 3.63) is 88.3 Å². The number of rotatable bonds is 4. The Kier molecular flexibility index (Phi) is 5.50. The molecule has 0 saturated heterocycles. The molecule has 0 aromatic heterocycles. The Morgan fingerprint density at radius 1 is 1.11 bits per heavy atom. The van der Waals surface area contributed by atoms with Gasteiger partial charge in [-0.15, -0.1) is 0 Å². The number of para-hydroxylation sites is 1. The molecule has 2 N–H and O–H groups in total. The zero-order valence-electron chi connectivity index (χ0n) is 20.4. The summed E-state index contributed by atoms with van der Waals surface area (Å²) in [5, 5.41) is 0. The quantitative estimate of drug-likeness (QED) is 0.650. The number of amides is 1. The molecule has 1 amide bonds. The molecule has 186 valence electrons. The van der Waals surface area contributed by atoms with Crippen molar-refractivity contribution >= 4 is 23.3 Å². The summed E-state index contributed by atoms with van der Waals surface area (Å²) in [6.45, 7) is 5.69. The van der Waals surface area contributed by atoms with E-state index < -0.39 is 28.5 Å². The molecule has 8 heteroatoms. The highest BCUT2D eigenvalue weighted by atomic mass is 19.1. The predicted octanol–water partition coefficient (Wildman–Crippen LogP) is 4.02. The van der Waals surface area contributed by atoms with Gasteiger partial charge in [0, 0.05) is 24.1 Å². The number of carbonyl (C=O) groups excluding carboxylic acids is 3. The summed E-state index contributed by atoms with van der Waals surface area (Å²) >= 11 is 0. The van der Waals surface area contributed by atoms with Crippen LogP contribution in [0.4, 0.5) is 10.1 Å². The molecule has 0 unspecified atom stereocenters. The summed E-state index contributed by atoms with van der Waals surface area (Å²) in [7, 11) is 0. The maximum atomic E-state index is 14.5. The highest BCUT2D eigenvalue weighted by Gasteiger charge is 2.64. The molecule has 0 saturated carbocycles. The van der Waals surface area contributed by atoms with Crippen molar-refractivity contribution in [2.45, 2.75) is 45.6 Å². The van der Waals surface area contributed by atoms with Gasteiger partial charge in [0.25, 0.3) is 0 Å². The van der Waals surface area contributed by atoms with Crippen molar-refractivity contribution in [1.29, 1.82) is 0 Å². The number of carbonyl (C=O) groups is 3. The van der Waals surface area contributed by atoms with Crippen LogP contribution in [-0.2, 0) is 35.8 Å². The third-order valence-corrected chi connectivity index (χ3v) is 6.96. The number of hydrogen-bond acceptors (Lipinski definition) is 6. The van der Waals surface area contributed by atoms with E-state index >= 15 is 0 Å². The zero-order valence-corrected chi connectivity index (χ0v) is 20.4. The van der Waals surface area contributed by atoms with Crippen LogP contribution in [-0.4, -0.2) is 24.3 Å². The molecule has 7 nitrogen and oxygen atoms in total. The molecule has 36 heavy (non-hydrogen) atoms. The fourth-order valence-electron chi connectivity index (χ4n) is 5.59. The highest BCUT2D eigenvalue weighted by molar-refractivity contribution is 6.23. The Bertz CT molecular complexity index is 1360. The van der Waals surface area contributed by atoms with Gasteiger partial charge in [-0.25, -0.2) is 9.18 Å². The second-order valence-corrected chi connectivity index (χ2v) is 10.1. The standard InChI is InChI=1S/C28H27FN2O5/c1-4-35-25(33)23-24(30)36-21-14-27(2,3)13-20(32)22(21)28(23)18-7-5-6-8-19(18)31(26(28)34)15-16-9-11-17(29)12-10-16/h5-12H,4,13-15,30H2,1-3H3/t28-/m1/s1. The van der Waals surface area contributed by atoms with Gasteiger partial charge in [-0.1, -0.05) is 44.2 Å². The Morgan fingerprint density at radius 3 is 2.50 bits per heavy atom. The fourth-order valence-corrected chi connectivity index (χ4v) is 5.59. The van der Waals surface area contributed by atoms with Crippen molar-refractivity contribution in [2.75, 3.05) is 11.5 Å². The smallest absolute Gasteiger partial charge is 0.341 e. The van der Waals surface area contributed by atoms with Gasteiger partial charge in [0.1, 0.15) is 22.6 Å². The largest absolute Gasteiger partial charge is 0.462 e. The molecule has 5 rings (SSSR count). The number of nitrogens with zero attached hydrogens (tertiary/aromatic N) is 1. The first-order valence-electron chi connectivity index (χ1n) is 11.9. The number of Topliss-reactive ketones (excluding diaryl/α,β-unsaturated/α-hetero) is 1. The third-order valence-electron chi connectivity index (χ3n) is 6.96. The highest BCUT2D eigenvalue weighted by Crippen LogP contribution is 2.57. The van der Waals surface area contributed by atoms with Gasteiger partial charge >= 0.3 is 5.97 Å². The number of fused-ring (bicyclic) bond motifs is 3. The van der Waals surface area contributed by atoms with Gasteiger partial charge in [0.15, 0.2) is 5.78 Å². The minimum atomic E-state index is -1.80. The minimum absolute atomic E-state index is 0.0493. The molecule has 1 spiro atoms. The van der Waals surface area contributed by atoms with Crippen LogP contribution >= 0.6 is 0 Å². The summed E-state index contributed by atoms with van der Waals surface area (Å²) in [5.41, 5.74) is 5.77. The van der Waals surface area contributed by atoms with Gasteiger partial charge in [-0.05, 0) is 36.1 Å². The average Bonchev–Trinajstić information content (AvgIpc) is 3.03. The normalized spacial score (nSPS) is 22.5. The molecular weight excluding hydrogens is 463 g/mol. The summed E-state index contributed by atoms with van der Waals surface area (Å²) in [5.74, 6) is -1.92. The van der Waals surface area contributed by atoms with Crippen LogP contribution in [0.5, 0.6) is 0 Å². The maximum absolute atomic E-state index is 14.5. The summed E-state index contributed by atoms with van der Waals surface area (Å²) < 4.78 is 24.8. The molecular formula is C28H27FN2O5. The molecule has 2 heterocycles. The van der Waals surface area contributed by atoms with E-state index in [9.17, 15) is 18.8 Å². The topological polar surface area (TPSA) is 98.9 Å². The Hall–Kier alpha value is -3.94. The fraction of sp³-hybridized carbons (Fsp3) is 0.321. The predicted molar refractivity (Wildman–Crippen MR) is 130 cm³/mol. The van der Waals surface area contributed by atoms with Gasteiger partial charge < -0.3 is 20.1 Å². The minimum Gasteiger partial charge on any atom is -0.462 e. The maximum Gasteiger partial charge on any atom is 0.341 e. The van der Waals surface area contributed by atoms with E-state index in [1.165, 1.54) is 17.0 Å². The second kappa shape index (κ2) is 8.33. The number of ether oxygens (including phenoxy) is 2. The molecule has 1 atom stereocenters. The lowest BCUT2D eigenvalue weighted by atomic mass is 9.62. The zero-order chi connectivity index (χ0) is 25.8. The van der Waals surface area contributed by atoms with Crippen molar-refractivity contribution < 1.29 is 28.2 Å². The number of benzene rings is 2. The average molecular weight is 491 g/mol. The SMILES string of the molecule is CCOC(=O)C1=C(N)OC2=C(C(=O)CC(C)(C)C2)[C@@]12C(=O)N(Cc1ccc(F)cc1)c1ccccc12. The van der Waals surface area contributed by atoms with E-state index in [4.69, 9.17) is 15.2 Å². The van der Waals surface area contributed by atoms with Crippen LogP contribution in [0.1, 0.15) is 44.7 Å². The van der Waals surface area contributed by atoms with E-state index in [0.717, 1.165) is 0 Å². The van der Waals surface area contributed by atoms with E-state index in [1.807, 2.05) is 13.8 Å². The molecule has 2 aromatic rings. The molecule has 2 aliphatic heterocycles. The van der Waals surface area contributed by atoms with Crippen LogP contribution in [0, 0.1) is 11.2 Å². The lowest BCUT2D eigenvalue weighted by Gasteiger charge is -2.42. The number of halogens is 1. The van der Waals surface area contributed by atoms with Gasteiger partial charge in [-0.3, -0.25) is 9.59 Å². The number of anilines is 1. The summed E-state index contributed by atoms with van der Waals surface area (Å²) in [6.07, 6.45) is 0.556. The van der Waals surface area contributed by atoms with E-state index in [2.05, 4.69) is 0 Å². The molecule has 0 radical (unpaired) electrons. The van der Waals surface area contributed by atoms with Gasteiger partial charge in [0.2, 0.25) is 11.8 Å². The first-order chi connectivity index (χ1) is 17.1. The molecule has 0 fully saturated rings. The van der Waals surface area contributed by atoms with E-state index in [-0.39, 0.29) is 42.4 Å². The van der Waals surface area contributed by atoms with Crippen LogP contribution in [0.15, 0.2) is 71.3 Å². The van der Waals surface area contributed by atoms with E-state index in [1.54, 1.807) is 43.3 Å². The molecule has 0 bridgehead atoms. The first kappa shape index (κ1) is 23.8. The third kappa shape index (κ3) is 3.43. The van der Waals surface area contributed by atoms with Crippen molar-refractivity contribution in [1.82, 2.24) is 0 Å². The van der Waals surface area contributed by atoms with Crippen LogP contribution < -0.4 is 10.6 Å². The van der Waals surface area contributed by atoms with Crippen molar-refractivity contribution in [3.8, 4) is 0 Å². The molecule has 2 aromatic carbocycles. The summed E-state index contributed by atoms with van der Waals surface area (Å²) in [6, 6.07) is 12.8. The molecule has 1 aliphatic carbocycles. The van der Waals surface area contributed by atoms with Gasteiger partial charge in [-0.2, -0.15) is 0 Å². The summed E-state index contributed by atoms with van der Waals surface area (Å²) in [4.78, 5) is 43.1. The molecule has 3 aliphatic rings. The first-order valence-corrected chi connectivity index (χ1v) is 11.9. The van der Waals surface area contributed by atoms with Crippen LogP contribution in [0.25, 0.3) is 0 Å². The van der Waals surface area contributed by atoms with Crippen LogP contribution in [0.3, 0.4) is 0 Å². The second-order valence-electron chi connectivity index (χ2n) is 10.1. The Balaban J connectivity index is 1.78. The number of hydrogen-bond donors (Lipinski definition) is 1. The number of nitrogens with two attached hydrogens (primary N) is 1. The van der Waals surface area contributed by atoms with Gasteiger partial charge in [0.05, 0.1) is 18.7 Å². The number of allylic oxidation sites excluding steroid dienone is 1. The number of esters is 1. The Labute approximate surface area is 208 Å². The van der Waals surface area contributed by atoms with Crippen molar-refractivity contribution in [3.63, 3.8) is 0 Å². The van der Waals surface area contributed by atoms with E-state index in [0.29, 0.717) is 29.0 Å². The lowest BCUT2D eigenvalue weighted by Crippen LogP contribution is -2.52. The van der Waals surface area contributed by atoms with Crippen LogP contribution in [0.2, 0.25) is 0 Å². The van der Waals surface area contributed by atoms with Crippen molar-refractivity contribution in [2.24, 2.45) is 11.1 Å². The monoisotopic (exact) mass is 490 g/mol. The Morgan fingerprint density at radius 2 is 1.81 bits per heavy atom. The number of ketones is 1. The lowest BCUT2D eigenvalue weighted by molar-refractivity contribution is -0.141.